The van der Waals surface area contributed by atoms with E-state index in [-0.39, 0.29) is 5.76 Å². The normalized spacial score (nSPS) is 9.31. The summed E-state index contributed by atoms with van der Waals surface area (Å²) in [5.74, 6) is 6.44. The second kappa shape index (κ2) is 4.73. The van der Waals surface area contributed by atoms with Gasteiger partial charge in [-0.25, -0.2) is 0 Å². The third-order valence-corrected chi connectivity index (χ3v) is 2.14. The van der Waals surface area contributed by atoms with Crippen molar-refractivity contribution in [2.75, 3.05) is 0 Å². The number of benzene rings is 1. The highest BCUT2D eigenvalue weighted by Crippen LogP contribution is 2.09. The fourth-order valence-corrected chi connectivity index (χ4v) is 1.30. The molecule has 1 aromatic heterocycles. The first kappa shape index (κ1) is 10.6. The lowest BCUT2D eigenvalue weighted by Crippen LogP contribution is -1.81. The molecule has 0 saturated carbocycles. The Labute approximate surface area is 98.7 Å². The van der Waals surface area contributed by atoms with Crippen molar-refractivity contribution in [3.63, 3.8) is 0 Å². The number of thiol groups is 1. The van der Waals surface area contributed by atoms with Gasteiger partial charge in [0.2, 0.25) is 0 Å². The van der Waals surface area contributed by atoms with E-state index in [9.17, 15) is 4.79 Å². The van der Waals surface area contributed by atoms with Crippen LogP contribution in [-0.2, 0) is 0 Å². The van der Waals surface area contributed by atoms with E-state index in [2.05, 4.69) is 24.5 Å². The van der Waals surface area contributed by atoms with Crippen molar-refractivity contribution in [2.45, 2.75) is 0 Å². The molecule has 0 N–H and O–H groups in total. The summed E-state index contributed by atoms with van der Waals surface area (Å²) >= 11 is 3.66. The van der Waals surface area contributed by atoms with Crippen LogP contribution in [0.5, 0.6) is 0 Å². The van der Waals surface area contributed by atoms with E-state index in [0.29, 0.717) is 5.76 Å². The molecule has 0 unspecified atom stereocenters. The van der Waals surface area contributed by atoms with E-state index in [1.807, 2.05) is 30.3 Å². The van der Waals surface area contributed by atoms with Crippen molar-refractivity contribution in [1.82, 2.24) is 0 Å². The van der Waals surface area contributed by atoms with E-state index in [1.165, 1.54) is 0 Å². The van der Waals surface area contributed by atoms with Crippen molar-refractivity contribution in [3.05, 3.63) is 59.5 Å². The SMILES string of the molecule is O=C(S)c1ccc(C#Cc2ccccc2)o1. The van der Waals surface area contributed by atoms with Crippen molar-refractivity contribution >= 4 is 17.7 Å². The molecular formula is C13H8O2S. The predicted molar refractivity (Wildman–Crippen MR) is 64.4 cm³/mol. The van der Waals surface area contributed by atoms with Crippen molar-refractivity contribution in [1.29, 1.82) is 0 Å². The third kappa shape index (κ3) is 2.56. The Hall–Kier alpha value is -1.92. The molecule has 1 heterocycles. The quantitative estimate of drug-likeness (QED) is 0.601. The van der Waals surface area contributed by atoms with Gasteiger partial charge in [-0.2, -0.15) is 0 Å². The van der Waals surface area contributed by atoms with Gasteiger partial charge >= 0.3 is 0 Å². The van der Waals surface area contributed by atoms with Gasteiger partial charge in [0.05, 0.1) is 0 Å². The van der Waals surface area contributed by atoms with Gasteiger partial charge in [-0.1, -0.05) is 36.7 Å². The Morgan fingerprint density at radius 1 is 1.06 bits per heavy atom. The molecule has 0 amide bonds. The number of carbonyl (C=O) groups is 1. The molecule has 78 valence electrons. The average Bonchev–Trinajstić information content (AvgIpc) is 2.76. The molecule has 2 nitrogen and oxygen atoms in total. The predicted octanol–water partition coefficient (Wildman–Crippen LogP) is 2.75. The number of carbonyl (C=O) groups excluding carboxylic acids is 1. The maximum Gasteiger partial charge on any atom is 0.251 e. The molecule has 0 bridgehead atoms. The Balaban J connectivity index is 2.21. The zero-order valence-corrected chi connectivity index (χ0v) is 9.20. The van der Waals surface area contributed by atoms with Crippen molar-refractivity contribution in [3.8, 4) is 11.8 Å². The first-order chi connectivity index (χ1) is 7.75. The smallest absolute Gasteiger partial charge is 0.251 e. The van der Waals surface area contributed by atoms with Crippen LogP contribution >= 0.6 is 12.6 Å². The zero-order valence-electron chi connectivity index (χ0n) is 8.31. The minimum absolute atomic E-state index is 0.209. The number of rotatable bonds is 1. The van der Waals surface area contributed by atoms with Crippen molar-refractivity contribution < 1.29 is 9.21 Å². The molecule has 3 heteroatoms. The molecule has 0 aliphatic carbocycles. The van der Waals surface area contributed by atoms with Gasteiger partial charge in [0, 0.05) is 5.56 Å². The summed E-state index contributed by atoms with van der Waals surface area (Å²) in [6.07, 6.45) is 0. The summed E-state index contributed by atoms with van der Waals surface area (Å²) in [5, 5.41) is -0.396. The highest BCUT2D eigenvalue weighted by molar-refractivity contribution is 7.97. The molecule has 0 spiro atoms. The van der Waals surface area contributed by atoms with E-state index < -0.39 is 5.12 Å². The van der Waals surface area contributed by atoms with E-state index in [0.717, 1.165) is 5.56 Å². The topological polar surface area (TPSA) is 30.2 Å². The Morgan fingerprint density at radius 2 is 1.81 bits per heavy atom. The molecule has 2 aromatic rings. The van der Waals surface area contributed by atoms with Crippen LogP contribution < -0.4 is 0 Å². The summed E-state index contributed by atoms with van der Waals surface area (Å²) in [5.41, 5.74) is 0.901. The van der Waals surface area contributed by atoms with Gasteiger partial charge in [-0.3, -0.25) is 4.79 Å². The Kier molecular flexibility index (Phi) is 3.13. The van der Waals surface area contributed by atoms with Gasteiger partial charge in [-0.05, 0) is 30.2 Å². The van der Waals surface area contributed by atoms with Crippen LogP contribution in [0.3, 0.4) is 0 Å². The minimum atomic E-state index is -0.396. The maximum atomic E-state index is 10.9. The zero-order chi connectivity index (χ0) is 11.4. The lowest BCUT2D eigenvalue weighted by Gasteiger charge is -1.86. The molecule has 16 heavy (non-hydrogen) atoms. The van der Waals surface area contributed by atoms with Gasteiger partial charge in [0.15, 0.2) is 11.5 Å². The van der Waals surface area contributed by atoms with Crippen LogP contribution in [-0.4, -0.2) is 5.12 Å². The minimum Gasteiger partial charge on any atom is -0.444 e. The lowest BCUT2D eigenvalue weighted by atomic mass is 10.2. The molecule has 0 radical (unpaired) electrons. The first-order valence-electron chi connectivity index (χ1n) is 4.66. The Morgan fingerprint density at radius 3 is 2.44 bits per heavy atom. The monoisotopic (exact) mass is 228 g/mol. The second-order valence-electron chi connectivity index (χ2n) is 3.09. The maximum absolute atomic E-state index is 10.9. The molecule has 2 rings (SSSR count). The van der Waals surface area contributed by atoms with E-state index in [1.54, 1.807) is 12.1 Å². The standard InChI is InChI=1S/C13H8O2S/c14-13(16)12-9-8-11(15-12)7-6-10-4-2-1-3-5-10/h1-5,8-9H,(H,14,16). The van der Waals surface area contributed by atoms with Crippen LogP contribution in [0.15, 0.2) is 46.9 Å². The molecule has 0 aliphatic heterocycles. The molecule has 0 saturated heterocycles. The van der Waals surface area contributed by atoms with E-state index in [4.69, 9.17) is 4.42 Å². The Bertz CT molecular complexity index is 558. The second-order valence-corrected chi connectivity index (χ2v) is 3.49. The van der Waals surface area contributed by atoms with Crippen molar-refractivity contribution in [2.24, 2.45) is 0 Å². The van der Waals surface area contributed by atoms with Gasteiger partial charge in [0.25, 0.3) is 5.12 Å². The summed E-state index contributed by atoms with van der Waals surface area (Å²) in [6.45, 7) is 0. The van der Waals surface area contributed by atoms with E-state index >= 15 is 0 Å². The number of furan rings is 1. The van der Waals surface area contributed by atoms with Gasteiger partial charge in [0.1, 0.15) is 0 Å². The highest BCUT2D eigenvalue weighted by Gasteiger charge is 2.04. The summed E-state index contributed by atoms with van der Waals surface area (Å²) in [6, 6.07) is 12.8. The van der Waals surface area contributed by atoms with Crippen LogP contribution in [0.1, 0.15) is 21.9 Å². The number of hydrogen-bond donors (Lipinski definition) is 1. The van der Waals surface area contributed by atoms with Crippen LogP contribution in [0.2, 0.25) is 0 Å². The fraction of sp³-hybridized carbons (Fsp3) is 0. The van der Waals surface area contributed by atoms with Crippen LogP contribution in [0, 0.1) is 11.8 Å². The molecule has 0 fully saturated rings. The lowest BCUT2D eigenvalue weighted by molar-refractivity contribution is 0.106. The first-order valence-corrected chi connectivity index (χ1v) is 5.10. The van der Waals surface area contributed by atoms with Gasteiger partial charge < -0.3 is 4.42 Å². The highest BCUT2D eigenvalue weighted by atomic mass is 32.1. The largest absolute Gasteiger partial charge is 0.444 e. The molecule has 1 aromatic carbocycles. The summed E-state index contributed by atoms with van der Waals surface area (Å²) in [4.78, 5) is 10.9. The average molecular weight is 228 g/mol. The van der Waals surface area contributed by atoms with Gasteiger partial charge in [-0.15, -0.1) is 0 Å². The number of hydrogen-bond acceptors (Lipinski definition) is 2. The van der Waals surface area contributed by atoms with Crippen LogP contribution in [0.25, 0.3) is 0 Å². The molecule has 0 aliphatic rings. The molecule has 0 atom stereocenters. The third-order valence-electron chi connectivity index (χ3n) is 1.92. The fourth-order valence-electron chi connectivity index (χ4n) is 1.18. The molecular weight excluding hydrogens is 220 g/mol. The van der Waals surface area contributed by atoms with Crippen LogP contribution in [0.4, 0.5) is 0 Å². The summed E-state index contributed by atoms with van der Waals surface area (Å²) < 4.78 is 5.17. The summed E-state index contributed by atoms with van der Waals surface area (Å²) in [7, 11) is 0.